The summed E-state index contributed by atoms with van der Waals surface area (Å²) in [6.07, 6.45) is 1.32. The van der Waals surface area contributed by atoms with Crippen molar-refractivity contribution in [3.05, 3.63) is 76.5 Å². The number of anilines is 2. The number of carbonyl (C=O) groups is 1. The largest absolute Gasteiger partial charge is 0.465 e. The number of nitro groups is 1. The first-order valence-corrected chi connectivity index (χ1v) is 7.60. The average molecular weight is 350 g/mol. The van der Waals surface area contributed by atoms with Crippen molar-refractivity contribution in [3.8, 4) is 11.3 Å². The van der Waals surface area contributed by atoms with Crippen LogP contribution in [0.2, 0.25) is 0 Å². The molecule has 1 N–H and O–H groups in total. The Bertz CT molecular complexity index is 943. The number of ether oxygens (including phenoxy) is 1. The Morgan fingerprint density at radius 1 is 1.12 bits per heavy atom. The number of hydrogen-bond acceptors (Lipinski definition) is 7. The summed E-state index contributed by atoms with van der Waals surface area (Å²) in [5, 5.41) is 14.1. The van der Waals surface area contributed by atoms with Crippen LogP contribution in [-0.2, 0) is 4.74 Å². The molecule has 3 aromatic rings. The molecule has 0 fully saturated rings. The van der Waals surface area contributed by atoms with Gasteiger partial charge in [-0.3, -0.25) is 10.1 Å². The lowest BCUT2D eigenvalue weighted by Crippen LogP contribution is -2.04. The van der Waals surface area contributed by atoms with Crippen LogP contribution in [0.15, 0.2) is 60.8 Å². The lowest BCUT2D eigenvalue weighted by molar-refractivity contribution is -0.384. The lowest BCUT2D eigenvalue weighted by Gasteiger charge is -2.08. The summed E-state index contributed by atoms with van der Waals surface area (Å²) in [4.78, 5) is 30.6. The minimum atomic E-state index is -0.521. The van der Waals surface area contributed by atoms with E-state index in [1.165, 1.54) is 31.5 Å². The van der Waals surface area contributed by atoms with Gasteiger partial charge in [-0.2, -0.15) is 0 Å². The molecule has 0 amide bonds. The fraction of sp³-hybridized carbons (Fsp3) is 0.0556. The van der Waals surface area contributed by atoms with Crippen LogP contribution in [0.25, 0.3) is 11.3 Å². The van der Waals surface area contributed by atoms with E-state index < -0.39 is 10.9 Å². The first-order valence-electron chi connectivity index (χ1n) is 7.60. The second-order valence-electron chi connectivity index (χ2n) is 5.24. The van der Waals surface area contributed by atoms with Crippen molar-refractivity contribution >= 4 is 23.3 Å². The van der Waals surface area contributed by atoms with Crippen molar-refractivity contribution < 1.29 is 14.5 Å². The summed E-state index contributed by atoms with van der Waals surface area (Å²) in [5.41, 5.74) is 1.52. The number of hydrogen-bond donors (Lipinski definition) is 1. The zero-order chi connectivity index (χ0) is 18.5. The van der Waals surface area contributed by atoms with E-state index in [0.29, 0.717) is 11.5 Å². The number of pyridine rings is 2. The smallest absolute Gasteiger partial charge is 0.339 e. The molecule has 0 saturated carbocycles. The normalized spacial score (nSPS) is 10.2. The van der Waals surface area contributed by atoms with Gasteiger partial charge in [-0.15, -0.1) is 0 Å². The molecule has 2 aromatic heterocycles. The van der Waals surface area contributed by atoms with Gasteiger partial charge < -0.3 is 10.1 Å². The molecule has 0 saturated heterocycles. The monoisotopic (exact) mass is 350 g/mol. The molecule has 8 heteroatoms. The fourth-order valence-electron chi connectivity index (χ4n) is 2.29. The molecule has 130 valence electrons. The van der Waals surface area contributed by atoms with Crippen LogP contribution in [0.5, 0.6) is 0 Å². The van der Waals surface area contributed by atoms with Gasteiger partial charge in [-0.05, 0) is 18.2 Å². The number of methoxy groups -OCH3 is 1. The van der Waals surface area contributed by atoms with E-state index in [0.717, 1.165) is 5.56 Å². The number of aromatic nitrogens is 2. The van der Waals surface area contributed by atoms with Crippen molar-refractivity contribution in [2.45, 2.75) is 0 Å². The highest BCUT2D eigenvalue weighted by Crippen LogP contribution is 2.28. The standard InChI is InChI=1S/C18H14N4O4/c1-26-18(23)13-7-10-16(19-11-13)21-17-15(22(24)25)9-8-14(20-17)12-5-3-2-4-6-12/h2-11H,1H3,(H,19,20,21). The van der Waals surface area contributed by atoms with Crippen molar-refractivity contribution in [2.24, 2.45) is 0 Å². The van der Waals surface area contributed by atoms with E-state index in [4.69, 9.17) is 0 Å². The maximum atomic E-state index is 11.4. The molecule has 8 nitrogen and oxygen atoms in total. The van der Waals surface area contributed by atoms with Crippen LogP contribution in [0, 0.1) is 10.1 Å². The predicted molar refractivity (Wildman–Crippen MR) is 95.2 cm³/mol. The van der Waals surface area contributed by atoms with E-state index in [2.05, 4.69) is 20.0 Å². The van der Waals surface area contributed by atoms with Crippen LogP contribution < -0.4 is 5.32 Å². The van der Waals surface area contributed by atoms with Crippen molar-refractivity contribution in [3.63, 3.8) is 0 Å². The number of rotatable bonds is 5. The highest BCUT2D eigenvalue weighted by Gasteiger charge is 2.17. The molecule has 0 aliphatic carbocycles. The maximum absolute atomic E-state index is 11.4. The summed E-state index contributed by atoms with van der Waals surface area (Å²) >= 11 is 0. The van der Waals surface area contributed by atoms with Gasteiger partial charge in [0.1, 0.15) is 5.82 Å². The first-order chi connectivity index (χ1) is 12.6. The minimum Gasteiger partial charge on any atom is -0.465 e. The van der Waals surface area contributed by atoms with Crippen LogP contribution in [0.1, 0.15) is 10.4 Å². The van der Waals surface area contributed by atoms with Crippen LogP contribution in [-0.4, -0.2) is 28.0 Å². The third-order valence-electron chi connectivity index (χ3n) is 3.57. The first kappa shape index (κ1) is 17.0. The molecule has 26 heavy (non-hydrogen) atoms. The van der Waals surface area contributed by atoms with Gasteiger partial charge in [-0.1, -0.05) is 30.3 Å². The molecule has 2 heterocycles. The molecule has 0 aliphatic rings. The Hall–Kier alpha value is -3.81. The average Bonchev–Trinajstić information content (AvgIpc) is 2.68. The van der Waals surface area contributed by atoms with E-state index in [9.17, 15) is 14.9 Å². The third-order valence-corrected chi connectivity index (χ3v) is 3.57. The Kier molecular flexibility index (Phi) is 4.84. The SMILES string of the molecule is COC(=O)c1ccc(Nc2nc(-c3ccccc3)ccc2[N+](=O)[O-])nc1. The van der Waals surface area contributed by atoms with Gasteiger partial charge in [0.05, 0.1) is 23.3 Å². The molecule has 0 atom stereocenters. The summed E-state index contributed by atoms with van der Waals surface area (Å²) in [6.45, 7) is 0. The summed E-state index contributed by atoms with van der Waals surface area (Å²) < 4.78 is 4.61. The van der Waals surface area contributed by atoms with Gasteiger partial charge in [0.2, 0.25) is 5.82 Å². The van der Waals surface area contributed by atoms with Gasteiger partial charge in [0, 0.05) is 17.8 Å². The van der Waals surface area contributed by atoms with Gasteiger partial charge in [0.25, 0.3) is 0 Å². The highest BCUT2D eigenvalue weighted by atomic mass is 16.6. The van der Waals surface area contributed by atoms with Gasteiger partial charge in [0.15, 0.2) is 0 Å². The number of esters is 1. The molecule has 0 aliphatic heterocycles. The predicted octanol–water partition coefficient (Wildman–Crippen LogP) is 3.58. The van der Waals surface area contributed by atoms with E-state index >= 15 is 0 Å². The molecule has 0 spiro atoms. The van der Waals surface area contributed by atoms with Crippen LogP contribution >= 0.6 is 0 Å². The molecule has 1 aromatic carbocycles. The van der Waals surface area contributed by atoms with Gasteiger partial charge >= 0.3 is 11.7 Å². The Balaban J connectivity index is 1.94. The maximum Gasteiger partial charge on any atom is 0.339 e. The quantitative estimate of drug-likeness (QED) is 0.426. The summed E-state index contributed by atoms with van der Waals surface area (Å²) in [5.74, 6) is -0.132. The van der Waals surface area contributed by atoms with Crippen molar-refractivity contribution in [2.75, 3.05) is 12.4 Å². The fourth-order valence-corrected chi connectivity index (χ4v) is 2.29. The van der Waals surface area contributed by atoms with Gasteiger partial charge in [-0.25, -0.2) is 14.8 Å². The molecular weight excluding hydrogens is 336 g/mol. The van der Waals surface area contributed by atoms with E-state index in [-0.39, 0.29) is 17.1 Å². The molecule has 0 unspecified atom stereocenters. The number of nitrogens with zero attached hydrogens (tertiary/aromatic N) is 3. The highest BCUT2D eigenvalue weighted by molar-refractivity contribution is 5.89. The lowest BCUT2D eigenvalue weighted by atomic mass is 10.1. The van der Waals surface area contributed by atoms with Crippen LogP contribution in [0.3, 0.4) is 0 Å². The van der Waals surface area contributed by atoms with E-state index in [1.54, 1.807) is 6.07 Å². The number of nitrogens with one attached hydrogen (secondary N) is 1. The second-order valence-corrected chi connectivity index (χ2v) is 5.24. The van der Waals surface area contributed by atoms with Crippen molar-refractivity contribution in [1.82, 2.24) is 9.97 Å². The van der Waals surface area contributed by atoms with E-state index in [1.807, 2.05) is 30.3 Å². The zero-order valence-electron chi connectivity index (χ0n) is 13.7. The summed E-state index contributed by atoms with van der Waals surface area (Å²) in [7, 11) is 1.27. The third kappa shape index (κ3) is 3.64. The zero-order valence-corrected chi connectivity index (χ0v) is 13.7. The Morgan fingerprint density at radius 3 is 2.50 bits per heavy atom. The molecule has 0 radical (unpaired) electrons. The molecule has 3 rings (SSSR count). The topological polar surface area (TPSA) is 107 Å². The van der Waals surface area contributed by atoms with Crippen molar-refractivity contribution in [1.29, 1.82) is 0 Å². The molecular formula is C18H14N4O4. The minimum absolute atomic E-state index is 0.0645. The number of benzene rings is 1. The Morgan fingerprint density at radius 2 is 1.88 bits per heavy atom. The Labute approximate surface area is 148 Å². The number of carbonyl (C=O) groups excluding carboxylic acids is 1. The van der Waals surface area contributed by atoms with Crippen LogP contribution in [0.4, 0.5) is 17.3 Å². The second kappa shape index (κ2) is 7.39. The summed E-state index contributed by atoms with van der Waals surface area (Å²) in [6, 6.07) is 15.3. The molecule has 0 bridgehead atoms.